The van der Waals surface area contributed by atoms with Gasteiger partial charge in [0.05, 0.1) is 32.3 Å². The first-order chi connectivity index (χ1) is 14.1. The van der Waals surface area contributed by atoms with Crippen molar-refractivity contribution in [1.82, 2.24) is 10.2 Å². The van der Waals surface area contributed by atoms with E-state index in [1.165, 1.54) is 0 Å². The number of unbranched alkanes of at least 4 members (excludes halogenated alkanes) is 1. The molecule has 1 aromatic carbocycles. The largest absolute Gasteiger partial charge is 0.497 e. The predicted molar refractivity (Wildman–Crippen MR) is 111 cm³/mol. The second-order valence-electron chi connectivity index (χ2n) is 7.22. The van der Waals surface area contributed by atoms with Crippen LogP contribution in [0.5, 0.6) is 5.75 Å². The van der Waals surface area contributed by atoms with Crippen LogP contribution in [0.3, 0.4) is 0 Å². The molecule has 2 atom stereocenters. The first-order valence-corrected chi connectivity index (χ1v) is 10.4. The second-order valence-corrected chi connectivity index (χ2v) is 7.22. The van der Waals surface area contributed by atoms with Gasteiger partial charge >= 0.3 is 0 Å². The quantitative estimate of drug-likeness (QED) is 0.510. The third-order valence-electron chi connectivity index (χ3n) is 5.17. The standard InChI is InChI=1S/C22H34N2O5/c1-4-5-12-24-20(25)16-19(21(24)17-7-9-18(28-3)10-8-17)22(26)23-11-6-13-29-15-14-27-2/h7-10,19,21H,4-6,11-16H2,1-3H3,(H,23,26). The molecule has 0 bridgehead atoms. The molecule has 0 aromatic heterocycles. The van der Waals surface area contributed by atoms with Gasteiger partial charge in [0.2, 0.25) is 11.8 Å². The van der Waals surface area contributed by atoms with E-state index >= 15 is 0 Å². The highest BCUT2D eigenvalue weighted by molar-refractivity contribution is 5.90. The van der Waals surface area contributed by atoms with Crippen LogP contribution in [-0.2, 0) is 19.1 Å². The number of nitrogens with one attached hydrogen (secondary N) is 1. The van der Waals surface area contributed by atoms with Gasteiger partial charge in [0.15, 0.2) is 0 Å². The molecule has 29 heavy (non-hydrogen) atoms. The van der Waals surface area contributed by atoms with Crippen LogP contribution in [0.2, 0.25) is 0 Å². The lowest BCUT2D eigenvalue weighted by atomic mass is 9.92. The average molecular weight is 407 g/mol. The normalized spacial score (nSPS) is 18.9. The number of methoxy groups -OCH3 is 2. The second kappa shape index (κ2) is 12.4. The lowest BCUT2D eigenvalue weighted by Crippen LogP contribution is -2.36. The van der Waals surface area contributed by atoms with Gasteiger partial charge in [-0.15, -0.1) is 0 Å². The first-order valence-electron chi connectivity index (χ1n) is 10.4. The number of hydrogen-bond donors (Lipinski definition) is 1. The lowest BCUT2D eigenvalue weighted by Gasteiger charge is -2.28. The van der Waals surface area contributed by atoms with E-state index in [2.05, 4.69) is 12.2 Å². The summed E-state index contributed by atoms with van der Waals surface area (Å²) in [5.41, 5.74) is 0.968. The zero-order chi connectivity index (χ0) is 21.1. The Morgan fingerprint density at radius 1 is 1.14 bits per heavy atom. The summed E-state index contributed by atoms with van der Waals surface area (Å²) in [6.45, 7) is 4.98. The molecule has 1 aliphatic heterocycles. The zero-order valence-corrected chi connectivity index (χ0v) is 17.8. The molecule has 1 heterocycles. The summed E-state index contributed by atoms with van der Waals surface area (Å²) in [5, 5.41) is 2.98. The number of rotatable bonds is 13. The number of hydrogen-bond acceptors (Lipinski definition) is 5. The Morgan fingerprint density at radius 2 is 1.90 bits per heavy atom. The minimum atomic E-state index is -0.387. The van der Waals surface area contributed by atoms with Crippen molar-refractivity contribution in [2.75, 3.05) is 47.1 Å². The van der Waals surface area contributed by atoms with Crippen molar-refractivity contribution in [3.8, 4) is 5.75 Å². The smallest absolute Gasteiger partial charge is 0.226 e. The van der Waals surface area contributed by atoms with Gasteiger partial charge in [-0.25, -0.2) is 0 Å². The molecular weight excluding hydrogens is 372 g/mol. The van der Waals surface area contributed by atoms with Gasteiger partial charge in [-0.1, -0.05) is 25.5 Å². The molecule has 1 fully saturated rings. The van der Waals surface area contributed by atoms with Crippen molar-refractivity contribution in [2.45, 2.75) is 38.6 Å². The van der Waals surface area contributed by atoms with Gasteiger partial charge in [-0.2, -0.15) is 0 Å². The number of ether oxygens (including phenoxy) is 3. The molecule has 2 rings (SSSR count). The maximum Gasteiger partial charge on any atom is 0.226 e. The Hall–Kier alpha value is -2.12. The SMILES string of the molecule is CCCCN1C(=O)CC(C(=O)NCCCOCCOC)C1c1ccc(OC)cc1. The van der Waals surface area contributed by atoms with Crippen LogP contribution in [0.4, 0.5) is 0 Å². The van der Waals surface area contributed by atoms with Crippen molar-refractivity contribution >= 4 is 11.8 Å². The topological polar surface area (TPSA) is 77.1 Å². The van der Waals surface area contributed by atoms with Crippen LogP contribution in [0.15, 0.2) is 24.3 Å². The van der Waals surface area contributed by atoms with E-state index < -0.39 is 0 Å². The van der Waals surface area contributed by atoms with Crippen LogP contribution in [0.1, 0.15) is 44.2 Å². The molecule has 2 amide bonds. The minimum absolute atomic E-state index is 0.0438. The molecule has 162 valence electrons. The number of nitrogens with zero attached hydrogens (tertiary/aromatic N) is 1. The predicted octanol–water partition coefficient (Wildman–Crippen LogP) is 2.55. The van der Waals surface area contributed by atoms with Crippen molar-refractivity contribution < 1.29 is 23.8 Å². The number of benzene rings is 1. The van der Waals surface area contributed by atoms with E-state index in [0.29, 0.717) is 32.9 Å². The van der Waals surface area contributed by atoms with Crippen molar-refractivity contribution in [3.05, 3.63) is 29.8 Å². The maximum absolute atomic E-state index is 12.9. The molecule has 1 aliphatic rings. The third-order valence-corrected chi connectivity index (χ3v) is 5.17. The Balaban J connectivity index is 2.01. The van der Waals surface area contributed by atoms with E-state index in [-0.39, 0.29) is 30.2 Å². The summed E-state index contributed by atoms with van der Waals surface area (Å²) in [6, 6.07) is 7.42. The number of carbonyl (C=O) groups excluding carboxylic acids is 2. The highest BCUT2D eigenvalue weighted by Crippen LogP contribution is 2.39. The summed E-state index contributed by atoms with van der Waals surface area (Å²) in [7, 11) is 3.26. The molecule has 0 radical (unpaired) electrons. The molecule has 0 aliphatic carbocycles. The highest BCUT2D eigenvalue weighted by Gasteiger charge is 2.43. The van der Waals surface area contributed by atoms with Crippen molar-refractivity contribution in [2.24, 2.45) is 5.92 Å². The fraction of sp³-hybridized carbons (Fsp3) is 0.636. The van der Waals surface area contributed by atoms with Gasteiger partial charge in [-0.05, 0) is 30.5 Å². The molecule has 0 spiro atoms. The third kappa shape index (κ3) is 6.72. The van der Waals surface area contributed by atoms with Gasteiger partial charge in [0, 0.05) is 33.2 Å². The molecule has 1 saturated heterocycles. The summed E-state index contributed by atoms with van der Waals surface area (Å²) >= 11 is 0. The number of amides is 2. The minimum Gasteiger partial charge on any atom is -0.497 e. The van der Waals surface area contributed by atoms with Gasteiger partial charge in [0.25, 0.3) is 0 Å². The molecule has 7 nitrogen and oxygen atoms in total. The maximum atomic E-state index is 12.9. The molecule has 7 heteroatoms. The average Bonchev–Trinajstić information content (AvgIpc) is 3.07. The Bertz CT molecular complexity index is 635. The van der Waals surface area contributed by atoms with E-state index in [4.69, 9.17) is 14.2 Å². The van der Waals surface area contributed by atoms with E-state index in [0.717, 1.165) is 30.6 Å². The van der Waals surface area contributed by atoms with E-state index in [9.17, 15) is 9.59 Å². The Morgan fingerprint density at radius 3 is 2.55 bits per heavy atom. The molecule has 0 saturated carbocycles. The molecule has 1 aromatic rings. The van der Waals surface area contributed by atoms with Crippen LogP contribution in [0, 0.1) is 5.92 Å². The number of likely N-dealkylation sites (tertiary alicyclic amines) is 1. The number of carbonyl (C=O) groups is 2. The molecule has 2 unspecified atom stereocenters. The van der Waals surface area contributed by atoms with Crippen molar-refractivity contribution in [3.63, 3.8) is 0 Å². The fourth-order valence-corrected chi connectivity index (χ4v) is 3.59. The lowest BCUT2D eigenvalue weighted by molar-refractivity contribution is -0.129. The Labute approximate surface area is 173 Å². The zero-order valence-electron chi connectivity index (χ0n) is 17.8. The molecule has 1 N–H and O–H groups in total. The van der Waals surface area contributed by atoms with Crippen LogP contribution in [-0.4, -0.2) is 63.8 Å². The van der Waals surface area contributed by atoms with Gasteiger partial charge in [-0.3, -0.25) is 9.59 Å². The van der Waals surface area contributed by atoms with Crippen molar-refractivity contribution in [1.29, 1.82) is 0 Å². The summed E-state index contributed by atoms with van der Waals surface area (Å²) in [4.78, 5) is 27.4. The Kier molecular flexibility index (Phi) is 9.94. The first kappa shape index (κ1) is 23.2. The van der Waals surface area contributed by atoms with Gasteiger partial charge < -0.3 is 24.4 Å². The van der Waals surface area contributed by atoms with E-state index in [1.807, 2.05) is 29.2 Å². The van der Waals surface area contributed by atoms with Crippen LogP contribution >= 0.6 is 0 Å². The summed E-state index contributed by atoms with van der Waals surface area (Å²) in [5.74, 6) is 0.340. The molecular formula is C22H34N2O5. The van der Waals surface area contributed by atoms with Crippen LogP contribution < -0.4 is 10.1 Å². The highest BCUT2D eigenvalue weighted by atomic mass is 16.5. The summed E-state index contributed by atoms with van der Waals surface area (Å²) in [6.07, 6.45) is 2.89. The van der Waals surface area contributed by atoms with Gasteiger partial charge in [0.1, 0.15) is 5.75 Å². The van der Waals surface area contributed by atoms with Crippen LogP contribution in [0.25, 0.3) is 0 Å². The monoisotopic (exact) mass is 406 g/mol. The van der Waals surface area contributed by atoms with E-state index in [1.54, 1.807) is 14.2 Å². The fourth-order valence-electron chi connectivity index (χ4n) is 3.59. The summed E-state index contributed by atoms with van der Waals surface area (Å²) < 4.78 is 15.6.